The minimum absolute atomic E-state index is 0.127. The largest absolute Gasteiger partial charge is 0.395 e. The number of urea groups is 1. The summed E-state index contributed by atoms with van der Waals surface area (Å²) < 4.78 is 0. The molecule has 19 heavy (non-hydrogen) atoms. The summed E-state index contributed by atoms with van der Waals surface area (Å²) in [6.45, 7) is 6.43. The number of β-amino-alcohol motifs (C(OH)–C–C–N with tert-alkyl or cyclic N) is 1. The van der Waals surface area contributed by atoms with Gasteiger partial charge < -0.3 is 15.3 Å². The molecular formula is C12H22N4O3. The van der Waals surface area contributed by atoms with Gasteiger partial charge in [-0.2, -0.15) is 0 Å². The van der Waals surface area contributed by atoms with Gasteiger partial charge in [0.1, 0.15) is 0 Å². The first-order valence-electron chi connectivity index (χ1n) is 6.84. The summed E-state index contributed by atoms with van der Waals surface area (Å²) in [5.41, 5.74) is 0. The molecule has 2 aliphatic heterocycles. The van der Waals surface area contributed by atoms with Crippen molar-refractivity contribution in [2.45, 2.75) is 6.42 Å². The molecule has 2 fully saturated rings. The van der Waals surface area contributed by atoms with Crippen molar-refractivity contribution in [2.75, 3.05) is 59.0 Å². The molecule has 0 aromatic carbocycles. The number of rotatable bonds is 6. The first-order valence-corrected chi connectivity index (χ1v) is 6.84. The number of nitrogens with one attached hydrogen (secondary N) is 1. The van der Waals surface area contributed by atoms with E-state index in [1.54, 1.807) is 0 Å². The minimum atomic E-state index is -0.266. The highest BCUT2D eigenvalue weighted by molar-refractivity contribution is 6.01. The number of piperazine rings is 1. The van der Waals surface area contributed by atoms with Crippen LogP contribution in [0.5, 0.6) is 0 Å². The zero-order valence-corrected chi connectivity index (χ0v) is 11.2. The molecule has 0 aromatic heterocycles. The average Bonchev–Trinajstić information content (AvgIpc) is 2.73. The van der Waals surface area contributed by atoms with E-state index in [1.165, 1.54) is 4.90 Å². The van der Waals surface area contributed by atoms with Crippen molar-refractivity contribution < 1.29 is 14.7 Å². The monoisotopic (exact) mass is 270 g/mol. The van der Waals surface area contributed by atoms with Crippen molar-refractivity contribution in [3.05, 3.63) is 0 Å². The Morgan fingerprint density at radius 1 is 1.00 bits per heavy atom. The Hall–Kier alpha value is -1.18. The Bertz CT molecular complexity index is 313. The Morgan fingerprint density at radius 3 is 2.16 bits per heavy atom. The Morgan fingerprint density at radius 2 is 1.63 bits per heavy atom. The van der Waals surface area contributed by atoms with Crippen LogP contribution in [0.25, 0.3) is 0 Å². The van der Waals surface area contributed by atoms with E-state index < -0.39 is 0 Å². The highest BCUT2D eigenvalue weighted by atomic mass is 16.3. The molecule has 7 nitrogen and oxygen atoms in total. The van der Waals surface area contributed by atoms with E-state index in [2.05, 4.69) is 15.1 Å². The molecule has 0 aliphatic carbocycles. The van der Waals surface area contributed by atoms with Crippen LogP contribution >= 0.6 is 0 Å². The summed E-state index contributed by atoms with van der Waals surface area (Å²) in [7, 11) is 0. The molecule has 0 spiro atoms. The highest BCUT2D eigenvalue weighted by Gasteiger charge is 2.27. The molecular weight excluding hydrogens is 248 g/mol. The Labute approximate surface area is 113 Å². The van der Waals surface area contributed by atoms with Crippen molar-refractivity contribution in [1.82, 2.24) is 20.0 Å². The fourth-order valence-corrected chi connectivity index (χ4v) is 2.51. The quantitative estimate of drug-likeness (QED) is 0.577. The topological polar surface area (TPSA) is 76.1 Å². The van der Waals surface area contributed by atoms with Gasteiger partial charge in [-0.05, 0) is 13.0 Å². The van der Waals surface area contributed by atoms with E-state index in [-0.39, 0.29) is 25.1 Å². The Balaban J connectivity index is 1.62. The third-order valence-electron chi connectivity index (χ3n) is 3.67. The number of aliphatic hydroxyl groups excluding tert-OH is 1. The van der Waals surface area contributed by atoms with Gasteiger partial charge in [0, 0.05) is 39.3 Å². The van der Waals surface area contributed by atoms with Crippen LogP contribution in [0.3, 0.4) is 0 Å². The number of aliphatic hydroxyl groups is 1. The highest BCUT2D eigenvalue weighted by Crippen LogP contribution is 2.04. The number of nitrogens with zero attached hydrogens (tertiary/aromatic N) is 3. The molecule has 0 bridgehead atoms. The number of carbonyl (C=O) groups is 2. The zero-order chi connectivity index (χ0) is 13.7. The number of hydrogen-bond acceptors (Lipinski definition) is 5. The van der Waals surface area contributed by atoms with Crippen molar-refractivity contribution in [3.8, 4) is 0 Å². The van der Waals surface area contributed by atoms with E-state index in [9.17, 15) is 9.59 Å². The lowest BCUT2D eigenvalue weighted by Crippen LogP contribution is -2.47. The summed E-state index contributed by atoms with van der Waals surface area (Å²) in [4.78, 5) is 28.6. The lowest BCUT2D eigenvalue weighted by molar-refractivity contribution is -0.125. The standard InChI is InChI=1S/C12H22N4O3/c17-9-8-15-6-4-14(5-7-15)2-1-3-16-11(18)10-13-12(16)19/h17H,1-10H2,(H,13,19). The molecule has 3 amide bonds. The summed E-state index contributed by atoms with van der Waals surface area (Å²) in [6.07, 6.45) is 0.819. The van der Waals surface area contributed by atoms with E-state index >= 15 is 0 Å². The van der Waals surface area contributed by atoms with E-state index in [0.717, 1.165) is 45.7 Å². The lowest BCUT2D eigenvalue weighted by atomic mass is 10.3. The molecule has 7 heteroatoms. The maximum absolute atomic E-state index is 11.4. The molecule has 0 radical (unpaired) electrons. The van der Waals surface area contributed by atoms with Crippen LogP contribution in [0.2, 0.25) is 0 Å². The second-order valence-corrected chi connectivity index (χ2v) is 4.96. The number of carbonyl (C=O) groups excluding carboxylic acids is 2. The fourth-order valence-electron chi connectivity index (χ4n) is 2.51. The maximum atomic E-state index is 11.4. The van der Waals surface area contributed by atoms with Gasteiger partial charge in [0.2, 0.25) is 5.91 Å². The van der Waals surface area contributed by atoms with Gasteiger partial charge in [-0.25, -0.2) is 4.79 Å². The van der Waals surface area contributed by atoms with Crippen LogP contribution in [0.15, 0.2) is 0 Å². The number of imide groups is 1. The van der Waals surface area contributed by atoms with Crippen molar-refractivity contribution in [2.24, 2.45) is 0 Å². The van der Waals surface area contributed by atoms with E-state index in [4.69, 9.17) is 5.11 Å². The first-order chi connectivity index (χ1) is 9.20. The van der Waals surface area contributed by atoms with Gasteiger partial charge in [-0.15, -0.1) is 0 Å². The van der Waals surface area contributed by atoms with Gasteiger partial charge in [-0.3, -0.25) is 14.6 Å². The van der Waals surface area contributed by atoms with Gasteiger partial charge in [0.05, 0.1) is 13.2 Å². The van der Waals surface area contributed by atoms with Crippen LogP contribution in [-0.2, 0) is 4.79 Å². The van der Waals surface area contributed by atoms with Gasteiger partial charge in [0.15, 0.2) is 0 Å². The van der Waals surface area contributed by atoms with E-state index in [0.29, 0.717) is 6.54 Å². The van der Waals surface area contributed by atoms with Crippen LogP contribution in [-0.4, -0.2) is 90.7 Å². The minimum Gasteiger partial charge on any atom is -0.395 e. The smallest absolute Gasteiger partial charge is 0.324 e. The molecule has 108 valence electrons. The summed E-state index contributed by atoms with van der Waals surface area (Å²) >= 11 is 0. The first kappa shape index (κ1) is 14.2. The third kappa shape index (κ3) is 3.89. The SMILES string of the molecule is O=C1CNC(=O)N1CCCN1CCN(CCO)CC1. The molecule has 0 aromatic rings. The second kappa shape index (κ2) is 6.83. The molecule has 2 saturated heterocycles. The van der Waals surface area contributed by atoms with Gasteiger partial charge in [0.25, 0.3) is 0 Å². The third-order valence-corrected chi connectivity index (χ3v) is 3.67. The van der Waals surface area contributed by atoms with Crippen LogP contribution in [0.4, 0.5) is 4.79 Å². The van der Waals surface area contributed by atoms with Gasteiger partial charge >= 0.3 is 6.03 Å². The molecule has 0 saturated carbocycles. The summed E-state index contributed by atoms with van der Waals surface area (Å²) in [5.74, 6) is -0.127. The summed E-state index contributed by atoms with van der Waals surface area (Å²) in [6, 6.07) is -0.266. The predicted molar refractivity (Wildman–Crippen MR) is 69.7 cm³/mol. The van der Waals surface area contributed by atoms with Crippen LogP contribution in [0, 0.1) is 0 Å². The predicted octanol–water partition coefficient (Wildman–Crippen LogP) is -1.46. The van der Waals surface area contributed by atoms with Crippen LogP contribution < -0.4 is 5.32 Å². The second-order valence-electron chi connectivity index (χ2n) is 4.96. The molecule has 2 aliphatic rings. The molecule has 2 heterocycles. The Kier molecular flexibility index (Phi) is 5.12. The number of amides is 3. The average molecular weight is 270 g/mol. The van der Waals surface area contributed by atoms with Crippen molar-refractivity contribution in [3.63, 3.8) is 0 Å². The van der Waals surface area contributed by atoms with Crippen molar-refractivity contribution in [1.29, 1.82) is 0 Å². The van der Waals surface area contributed by atoms with E-state index in [1.807, 2.05) is 0 Å². The molecule has 2 N–H and O–H groups in total. The van der Waals surface area contributed by atoms with Crippen molar-refractivity contribution >= 4 is 11.9 Å². The maximum Gasteiger partial charge on any atom is 0.324 e. The molecule has 0 atom stereocenters. The summed E-state index contributed by atoms with van der Waals surface area (Å²) in [5, 5.41) is 11.4. The zero-order valence-electron chi connectivity index (χ0n) is 11.2. The normalized spacial score (nSPS) is 22.1. The van der Waals surface area contributed by atoms with Gasteiger partial charge in [-0.1, -0.05) is 0 Å². The number of hydrogen-bond donors (Lipinski definition) is 2. The molecule has 0 unspecified atom stereocenters. The fraction of sp³-hybridized carbons (Fsp3) is 0.833. The van der Waals surface area contributed by atoms with Crippen LogP contribution in [0.1, 0.15) is 6.42 Å². The lowest BCUT2D eigenvalue weighted by Gasteiger charge is -2.34. The molecule has 2 rings (SSSR count).